The smallest absolute Gasteiger partial charge is 0.251 e. The zero-order valence-electron chi connectivity index (χ0n) is 11.5. The van der Waals surface area contributed by atoms with Crippen LogP contribution in [0, 0.1) is 0 Å². The number of rotatable bonds is 5. The van der Waals surface area contributed by atoms with Gasteiger partial charge in [0.1, 0.15) is 11.0 Å². The van der Waals surface area contributed by atoms with Crippen LogP contribution in [0.25, 0.3) is 0 Å². The summed E-state index contributed by atoms with van der Waals surface area (Å²) in [7, 11) is 0. The second kappa shape index (κ2) is 7.43. The van der Waals surface area contributed by atoms with E-state index in [0.717, 1.165) is 10.0 Å². The second-order valence-electron chi connectivity index (χ2n) is 4.40. The van der Waals surface area contributed by atoms with Crippen LogP contribution in [0.15, 0.2) is 40.9 Å². The summed E-state index contributed by atoms with van der Waals surface area (Å²) in [5, 5.41) is 6.20. The Morgan fingerprint density at radius 1 is 1.29 bits per heavy atom. The molecule has 21 heavy (non-hydrogen) atoms. The van der Waals surface area contributed by atoms with E-state index >= 15 is 0 Å². The van der Waals surface area contributed by atoms with E-state index in [-0.39, 0.29) is 5.91 Å². The van der Waals surface area contributed by atoms with E-state index in [1.165, 1.54) is 0 Å². The van der Waals surface area contributed by atoms with Crippen LogP contribution in [-0.2, 0) is 6.54 Å². The number of carbonyl (C=O) groups is 1. The first-order valence-electron chi connectivity index (χ1n) is 6.52. The Morgan fingerprint density at radius 3 is 2.67 bits per heavy atom. The summed E-state index contributed by atoms with van der Waals surface area (Å²) in [5.41, 5.74) is 1.52. The third-order valence-electron chi connectivity index (χ3n) is 2.78. The van der Waals surface area contributed by atoms with Gasteiger partial charge in [0.2, 0.25) is 0 Å². The number of anilines is 1. The lowest BCUT2D eigenvalue weighted by molar-refractivity contribution is 0.0951. The van der Waals surface area contributed by atoms with Crippen LogP contribution in [0.4, 0.5) is 5.82 Å². The first kappa shape index (κ1) is 15.8. The molecule has 1 aromatic heterocycles. The van der Waals surface area contributed by atoms with Crippen molar-refractivity contribution in [2.45, 2.75) is 13.5 Å². The molecule has 2 rings (SSSR count). The third kappa shape index (κ3) is 4.72. The molecule has 0 unspecified atom stereocenters. The molecular formula is C15H15BrClN3O. The molecule has 1 heterocycles. The van der Waals surface area contributed by atoms with Crippen molar-refractivity contribution in [3.63, 3.8) is 0 Å². The highest BCUT2D eigenvalue weighted by atomic mass is 79.9. The lowest BCUT2D eigenvalue weighted by Gasteiger charge is -2.08. The number of hydrogen-bond donors (Lipinski definition) is 2. The molecule has 110 valence electrons. The van der Waals surface area contributed by atoms with Gasteiger partial charge in [-0.05, 0) is 36.8 Å². The molecule has 0 saturated heterocycles. The van der Waals surface area contributed by atoms with Gasteiger partial charge in [-0.15, -0.1) is 0 Å². The highest BCUT2D eigenvalue weighted by Crippen LogP contribution is 2.15. The van der Waals surface area contributed by atoms with Crippen molar-refractivity contribution >= 4 is 39.3 Å². The van der Waals surface area contributed by atoms with Gasteiger partial charge in [-0.3, -0.25) is 4.79 Å². The summed E-state index contributed by atoms with van der Waals surface area (Å²) >= 11 is 9.30. The lowest BCUT2D eigenvalue weighted by atomic mass is 10.2. The average Bonchev–Trinajstić information content (AvgIpc) is 2.46. The van der Waals surface area contributed by atoms with E-state index in [0.29, 0.717) is 29.6 Å². The fourth-order valence-corrected chi connectivity index (χ4v) is 2.26. The molecule has 2 N–H and O–H groups in total. The highest BCUT2D eigenvalue weighted by Gasteiger charge is 2.09. The van der Waals surface area contributed by atoms with Gasteiger partial charge in [0.25, 0.3) is 5.91 Å². The predicted molar refractivity (Wildman–Crippen MR) is 88.7 cm³/mol. The van der Waals surface area contributed by atoms with Crippen molar-refractivity contribution in [3.05, 3.63) is 57.2 Å². The number of aromatic nitrogens is 1. The Bertz CT molecular complexity index is 631. The van der Waals surface area contributed by atoms with Crippen molar-refractivity contribution in [2.24, 2.45) is 0 Å². The SMILES string of the molecule is CCNc1cc(C(=O)NCc2ccc(Br)cc2)cc(Cl)n1. The Morgan fingerprint density at radius 2 is 2.00 bits per heavy atom. The summed E-state index contributed by atoms with van der Waals surface area (Å²) in [5.74, 6) is 0.417. The number of amides is 1. The zero-order valence-corrected chi connectivity index (χ0v) is 13.8. The third-order valence-corrected chi connectivity index (χ3v) is 3.50. The monoisotopic (exact) mass is 367 g/mol. The first-order valence-corrected chi connectivity index (χ1v) is 7.69. The maximum Gasteiger partial charge on any atom is 0.251 e. The van der Waals surface area contributed by atoms with E-state index in [4.69, 9.17) is 11.6 Å². The fourth-order valence-electron chi connectivity index (χ4n) is 1.79. The van der Waals surface area contributed by atoms with E-state index in [1.54, 1.807) is 12.1 Å². The molecule has 6 heteroatoms. The molecule has 2 aromatic rings. The van der Waals surface area contributed by atoms with Crippen LogP contribution >= 0.6 is 27.5 Å². The van der Waals surface area contributed by atoms with Gasteiger partial charge in [0.15, 0.2) is 0 Å². The Balaban J connectivity index is 2.04. The topological polar surface area (TPSA) is 54.0 Å². The predicted octanol–water partition coefficient (Wildman–Crippen LogP) is 3.86. The largest absolute Gasteiger partial charge is 0.370 e. The molecule has 0 spiro atoms. The molecule has 0 aliphatic carbocycles. The number of nitrogens with zero attached hydrogens (tertiary/aromatic N) is 1. The number of halogens is 2. The maximum absolute atomic E-state index is 12.2. The van der Waals surface area contributed by atoms with Crippen LogP contribution < -0.4 is 10.6 Å². The van der Waals surface area contributed by atoms with Gasteiger partial charge in [0.05, 0.1) is 0 Å². The molecule has 1 aromatic carbocycles. The van der Waals surface area contributed by atoms with Gasteiger partial charge in [-0.1, -0.05) is 39.7 Å². The van der Waals surface area contributed by atoms with E-state index in [9.17, 15) is 4.79 Å². The molecule has 0 radical (unpaired) electrons. The first-order chi connectivity index (χ1) is 10.1. The average molecular weight is 369 g/mol. The highest BCUT2D eigenvalue weighted by molar-refractivity contribution is 9.10. The molecule has 0 fully saturated rings. The summed E-state index contributed by atoms with van der Waals surface area (Å²) in [6, 6.07) is 11.0. The summed E-state index contributed by atoms with van der Waals surface area (Å²) in [6.45, 7) is 3.13. The molecule has 0 bridgehead atoms. The fraction of sp³-hybridized carbons (Fsp3) is 0.200. The van der Waals surface area contributed by atoms with Crippen molar-refractivity contribution in [1.29, 1.82) is 0 Å². The van der Waals surface area contributed by atoms with Gasteiger partial charge in [0, 0.05) is 23.1 Å². The maximum atomic E-state index is 12.2. The Hall–Kier alpha value is -1.59. The van der Waals surface area contributed by atoms with E-state index in [2.05, 4.69) is 31.5 Å². The molecule has 0 saturated carbocycles. The minimum absolute atomic E-state index is 0.179. The Kier molecular flexibility index (Phi) is 5.59. The van der Waals surface area contributed by atoms with Crippen molar-refractivity contribution in [2.75, 3.05) is 11.9 Å². The van der Waals surface area contributed by atoms with Crippen LogP contribution in [0.1, 0.15) is 22.8 Å². The van der Waals surface area contributed by atoms with Gasteiger partial charge < -0.3 is 10.6 Å². The van der Waals surface area contributed by atoms with Crippen LogP contribution in [0.2, 0.25) is 5.15 Å². The Labute approximate surface area is 137 Å². The van der Waals surface area contributed by atoms with Crippen LogP contribution in [0.3, 0.4) is 0 Å². The van der Waals surface area contributed by atoms with Gasteiger partial charge in [-0.2, -0.15) is 0 Å². The van der Waals surface area contributed by atoms with E-state index < -0.39 is 0 Å². The number of hydrogen-bond acceptors (Lipinski definition) is 3. The minimum Gasteiger partial charge on any atom is -0.370 e. The standard InChI is InChI=1S/C15H15BrClN3O/c1-2-18-14-8-11(7-13(17)20-14)15(21)19-9-10-3-5-12(16)6-4-10/h3-8H,2,9H2,1H3,(H,18,20)(H,19,21). The minimum atomic E-state index is -0.179. The molecule has 0 aliphatic rings. The van der Waals surface area contributed by atoms with Crippen LogP contribution in [-0.4, -0.2) is 17.4 Å². The molecule has 0 atom stereocenters. The number of carbonyl (C=O) groups excluding carboxylic acids is 1. The van der Waals surface area contributed by atoms with Gasteiger partial charge in [-0.25, -0.2) is 4.98 Å². The zero-order chi connectivity index (χ0) is 15.2. The summed E-state index contributed by atoms with van der Waals surface area (Å²) < 4.78 is 1.01. The van der Waals surface area contributed by atoms with Crippen molar-refractivity contribution in [1.82, 2.24) is 10.3 Å². The number of nitrogens with one attached hydrogen (secondary N) is 2. The molecule has 1 amide bonds. The summed E-state index contributed by atoms with van der Waals surface area (Å²) in [4.78, 5) is 16.3. The lowest BCUT2D eigenvalue weighted by Crippen LogP contribution is -2.23. The van der Waals surface area contributed by atoms with Crippen LogP contribution in [0.5, 0.6) is 0 Å². The summed E-state index contributed by atoms with van der Waals surface area (Å²) in [6.07, 6.45) is 0. The second-order valence-corrected chi connectivity index (χ2v) is 5.71. The van der Waals surface area contributed by atoms with Crippen molar-refractivity contribution in [3.8, 4) is 0 Å². The van der Waals surface area contributed by atoms with Gasteiger partial charge >= 0.3 is 0 Å². The van der Waals surface area contributed by atoms with E-state index in [1.807, 2.05) is 31.2 Å². The molecular weight excluding hydrogens is 354 g/mol. The quantitative estimate of drug-likeness (QED) is 0.788. The molecule has 0 aliphatic heterocycles. The number of pyridine rings is 1. The van der Waals surface area contributed by atoms with Crippen molar-refractivity contribution < 1.29 is 4.79 Å². The molecule has 4 nitrogen and oxygen atoms in total. The normalized spacial score (nSPS) is 10.2. The number of benzene rings is 1.